The fourth-order valence-corrected chi connectivity index (χ4v) is 4.22. The molecule has 0 radical (unpaired) electrons. The lowest BCUT2D eigenvalue weighted by molar-refractivity contribution is -0.858. The molecule has 3 aromatic rings. The fraction of sp³-hybridized carbons (Fsp3) is 0.364. The van der Waals surface area contributed by atoms with Gasteiger partial charge in [-0.1, -0.05) is 29.5 Å². The molecule has 1 aromatic heterocycles. The van der Waals surface area contributed by atoms with Crippen molar-refractivity contribution >= 4 is 32.6 Å². The van der Waals surface area contributed by atoms with Gasteiger partial charge in [0, 0.05) is 13.0 Å². The van der Waals surface area contributed by atoms with Gasteiger partial charge in [-0.25, -0.2) is 4.98 Å². The largest absolute Gasteiger partial charge is 0.496 e. The van der Waals surface area contributed by atoms with Gasteiger partial charge in [0.25, 0.3) is 5.91 Å². The zero-order valence-corrected chi connectivity index (χ0v) is 18.0. The van der Waals surface area contributed by atoms with Crippen molar-refractivity contribution in [1.82, 2.24) is 4.98 Å². The number of nitrogens with one attached hydrogen (secondary N) is 1. The lowest BCUT2D eigenvalue weighted by atomic mass is 10.1. The first-order chi connectivity index (χ1) is 13.4. The average molecular weight is 399 g/mol. The summed E-state index contributed by atoms with van der Waals surface area (Å²) < 4.78 is 6.53. The van der Waals surface area contributed by atoms with Crippen molar-refractivity contribution in [2.75, 3.05) is 39.2 Å². The van der Waals surface area contributed by atoms with E-state index in [-0.39, 0.29) is 5.91 Å². The van der Waals surface area contributed by atoms with E-state index in [4.69, 9.17) is 9.72 Å². The summed E-state index contributed by atoms with van der Waals surface area (Å²) in [6.45, 7) is 5.78. The van der Waals surface area contributed by atoms with Crippen LogP contribution in [-0.4, -0.2) is 45.2 Å². The first kappa shape index (κ1) is 20.3. The molecule has 148 valence electrons. The van der Waals surface area contributed by atoms with Crippen LogP contribution in [0.1, 0.15) is 27.9 Å². The summed E-state index contributed by atoms with van der Waals surface area (Å²) in [4.78, 5) is 21.5. The highest BCUT2D eigenvalue weighted by atomic mass is 32.1. The van der Waals surface area contributed by atoms with Crippen molar-refractivity contribution < 1.29 is 14.4 Å². The van der Waals surface area contributed by atoms with E-state index >= 15 is 0 Å². The zero-order chi connectivity index (χ0) is 20.3. The van der Waals surface area contributed by atoms with Crippen molar-refractivity contribution in [1.29, 1.82) is 0 Å². The van der Waals surface area contributed by atoms with Crippen LogP contribution < -0.4 is 14.5 Å². The Kier molecular flexibility index (Phi) is 6.31. The Morgan fingerprint density at radius 3 is 2.64 bits per heavy atom. The van der Waals surface area contributed by atoms with Gasteiger partial charge < -0.3 is 9.64 Å². The third-order valence-corrected chi connectivity index (χ3v) is 5.99. The Hall–Kier alpha value is -2.44. The molecule has 0 aliphatic heterocycles. The van der Waals surface area contributed by atoms with Gasteiger partial charge in [-0.15, -0.1) is 0 Å². The summed E-state index contributed by atoms with van der Waals surface area (Å²) in [7, 11) is 5.84. The van der Waals surface area contributed by atoms with Crippen molar-refractivity contribution in [3.05, 3.63) is 53.1 Å². The molecule has 0 atom stereocenters. The van der Waals surface area contributed by atoms with Crippen LogP contribution in [0.4, 0.5) is 5.13 Å². The zero-order valence-electron chi connectivity index (χ0n) is 17.2. The predicted molar refractivity (Wildman–Crippen MR) is 116 cm³/mol. The van der Waals surface area contributed by atoms with Gasteiger partial charge >= 0.3 is 0 Å². The number of benzene rings is 2. The number of thiazole rings is 1. The summed E-state index contributed by atoms with van der Waals surface area (Å²) in [5.41, 5.74) is 3.93. The monoisotopic (exact) mass is 398 g/mol. The number of carbonyl (C=O) groups excluding carboxylic acids is 1. The molecular formula is C22H28N3O2S+. The van der Waals surface area contributed by atoms with Gasteiger partial charge in [0.1, 0.15) is 5.75 Å². The number of quaternary nitrogens is 1. The molecule has 0 unspecified atom stereocenters. The molecule has 0 saturated heterocycles. The molecule has 5 nitrogen and oxygen atoms in total. The number of fused-ring (bicyclic) bond motifs is 1. The molecule has 0 aliphatic rings. The molecule has 0 spiro atoms. The first-order valence-electron chi connectivity index (χ1n) is 9.53. The van der Waals surface area contributed by atoms with E-state index in [2.05, 4.69) is 40.1 Å². The SMILES string of the molecule is COc1ccccc1C(=O)N(CCC[NH+](C)C)c1nc2c(C)c(C)ccc2s1. The number of aryl methyl sites for hydroxylation is 2. The van der Waals surface area contributed by atoms with E-state index in [9.17, 15) is 4.79 Å². The topological polar surface area (TPSA) is 46.9 Å². The molecule has 1 heterocycles. The Bertz CT molecular complexity index is 981. The Morgan fingerprint density at radius 2 is 1.93 bits per heavy atom. The Morgan fingerprint density at radius 1 is 1.18 bits per heavy atom. The molecule has 0 saturated carbocycles. The number of hydrogen-bond donors (Lipinski definition) is 1. The van der Waals surface area contributed by atoms with E-state index in [0.717, 1.165) is 28.3 Å². The second-order valence-electron chi connectivity index (χ2n) is 7.32. The minimum absolute atomic E-state index is 0.0698. The minimum atomic E-state index is -0.0698. The van der Waals surface area contributed by atoms with Gasteiger partial charge in [0.2, 0.25) is 0 Å². The average Bonchev–Trinajstić information content (AvgIpc) is 3.12. The fourth-order valence-electron chi connectivity index (χ4n) is 3.17. The number of ether oxygens (including phenoxy) is 1. The number of amides is 1. The van der Waals surface area contributed by atoms with Crippen molar-refractivity contribution in [3.8, 4) is 5.75 Å². The lowest BCUT2D eigenvalue weighted by Crippen LogP contribution is -3.05. The second kappa shape index (κ2) is 8.71. The quantitative estimate of drug-likeness (QED) is 0.665. The summed E-state index contributed by atoms with van der Waals surface area (Å²) in [5, 5.41) is 0.744. The van der Waals surface area contributed by atoms with Crippen molar-refractivity contribution in [3.63, 3.8) is 0 Å². The van der Waals surface area contributed by atoms with Gasteiger partial charge in [0.05, 0.1) is 43.5 Å². The molecule has 0 aliphatic carbocycles. The van der Waals surface area contributed by atoms with E-state index in [1.54, 1.807) is 23.3 Å². The third-order valence-electron chi connectivity index (χ3n) is 4.95. The number of anilines is 1. The highest BCUT2D eigenvalue weighted by Crippen LogP contribution is 2.33. The summed E-state index contributed by atoms with van der Waals surface area (Å²) in [6.07, 6.45) is 0.900. The number of methoxy groups -OCH3 is 1. The van der Waals surface area contributed by atoms with Crippen LogP contribution in [0.25, 0.3) is 10.2 Å². The molecule has 3 rings (SSSR count). The molecule has 6 heteroatoms. The van der Waals surface area contributed by atoms with Crippen molar-refractivity contribution in [2.45, 2.75) is 20.3 Å². The lowest BCUT2D eigenvalue weighted by Gasteiger charge is -2.21. The molecule has 28 heavy (non-hydrogen) atoms. The smallest absolute Gasteiger partial charge is 0.263 e. The van der Waals surface area contributed by atoms with Crippen molar-refractivity contribution in [2.24, 2.45) is 0 Å². The van der Waals surface area contributed by atoms with E-state index in [0.29, 0.717) is 17.9 Å². The number of aromatic nitrogens is 1. The van der Waals surface area contributed by atoms with E-state index < -0.39 is 0 Å². The molecular weight excluding hydrogens is 370 g/mol. The van der Waals surface area contributed by atoms with Gasteiger partial charge in [0.15, 0.2) is 5.13 Å². The van der Waals surface area contributed by atoms with E-state index in [1.165, 1.54) is 16.0 Å². The van der Waals surface area contributed by atoms with Gasteiger partial charge in [-0.05, 0) is 43.2 Å². The van der Waals surface area contributed by atoms with Crippen LogP contribution in [0.15, 0.2) is 36.4 Å². The highest BCUT2D eigenvalue weighted by Gasteiger charge is 2.24. The summed E-state index contributed by atoms with van der Waals surface area (Å²) in [5.74, 6) is 0.517. The molecule has 0 bridgehead atoms. The van der Waals surface area contributed by atoms with E-state index in [1.807, 2.05) is 24.3 Å². The summed E-state index contributed by atoms with van der Waals surface area (Å²) in [6, 6.07) is 11.6. The van der Waals surface area contributed by atoms with Crippen LogP contribution in [0, 0.1) is 13.8 Å². The molecule has 1 N–H and O–H groups in total. The number of hydrogen-bond acceptors (Lipinski definition) is 4. The molecule has 0 fully saturated rings. The third kappa shape index (κ3) is 4.18. The molecule has 1 amide bonds. The normalized spacial score (nSPS) is 11.2. The number of carbonyl (C=O) groups is 1. The maximum Gasteiger partial charge on any atom is 0.263 e. The number of nitrogens with zero attached hydrogens (tertiary/aromatic N) is 2. The minimum Gasteiger partial charge on any atom is -0.496 e. The maximum atomic E-state index is 13.4. The van der Waals surface area contributed by atoms with Crippen LogP contribution in [-0.2, 0) is 0 Å². The van der Waals surface area contributed by atoms with Gasteiger partial charge in [-0.3, -0.25) is 9.69 Å². The summed E-state index contributed by atoms with van der Waals surface area (Å²) >= 11 is 1.57. The van der Waals surface area contributed by atoms with Crippen LogP contribution >= 0.6 is 11.3 Å². The Balaban J connectivity index is 2.01. The van der Waals surface area contributed by atoms with Crippen LogP contribution in [0.2, 0.25) is 0 Å². The van der Waals surface area contributed by atoms with Gasteiger partial charge in [-0.2, -0.15) is 0 Å². The molecule has 2 aromatic carbocycles. The number of para-hydroxylation sites is 1. The van der Waals surface area contributed by atoms with Crippen LogP contribution in [0.3, 0.4) is 0 Å². The number of rotatable bonds is 7. The van der Waals surface area contributed by atoms with Crippen LogP contribution in [0.5, 0.6) is 5.75 Å². The maximum absolute atomic E-state index is 13.4. The second-order valence-corrected chi connectivity index (χ2v) is 8.33. The predicted octanol–water partition coefficient (Wildman–Crippen LogP) is 3.10. The standard InChI is InChI=1S/C22H27N3O2S/c1-15-11-12-19-20(16(15)2)23-22(28-19)25(14-8-13-24(3)4)21(26)17-9-6-7-10-18(17)27-5/h6-7,9-12H,8,13-14H2,1-5H3/p+1. The highest BCUT2D eigenvalue weighted by molar-refractivity contribution is 7.22. The first-order valence-corrected chi connectivity index (χ1v) is 10.3. The Labute approximate surface area is 170 Å².